The van der Waals surface area contributed by atoms with Crippen LogP contribution in [0.5, 0.6) is 0 Å². The van der Waals surface area contributed by atoms with Gasteiger partial charge >= 0.3 is 12.0 Å². The van der Waals surface area contributed by atoms with Gasteiger partial charge in [0.15, 0.2) is 6.73 Å². The molecular weight excluding hydrogens is 721 g/mol. The molecule has 3 aliphatic heterocycles. The number of urea groups is 1. The molecule has 0 saturated carbocycles. The first-order chi connectivity index (χ1) is 27.4. The first-order valence-electron chi connectivity index (χ1n) is 20.5. The molecule has 7 rings (SSSR count). The normalized spacial score (nSPS) is 18.5. The number of hydrogen-bond acceptors (Lipinski definition) is 8. The number of hydrogen-bond donors (Lipinski definition) is 2. The predicted molar refractivity (Wildman–Crippen MR) is 222 cm³/mol. The molecule has 0 spiro atoms. The Morgan fingerprint density at radius 1 is 0.965 bits per heavy atom. The van der Waals surface area contributed by atoms with E-state index < -0.39 is 11.5 Å². The number of likely N-dealkylation sites (tertiary alicyclic amines) is 2. The van der Waals surface area contributed by atoms with E-state index in [9.17, 15) is 19.2 Å². The number of aromatic amines is 1. The summed E-state index contributed by atoms with van der Waals surface area (Å²) in [4.78, 5) is 65.8. The number of nitrogens with one attached hydrogen (secondary N) is 2. The summed E-state index contributed by atoms with van der Waals surface area (Å²) in [7, 11) is 2.17. The minimum Gasteiger partial charge on any atom is -0.442 e. The van der Waals surface area contributed by atoms with E-state index in [2.05, 4.69) is 38.8 Å². The molecule has 1 atom stereocenters. The summed E-state index contributed by atoms with van der Waals surface area (Å²) in [5.74, 6) is -0.360. The van der Waals surface area contributed by atoms with Gasteiger partial charge in [-0.3, -0.25) is 19.3 Å². The maximum absolute atomic E-state index is 14.4. The Kier molecular flexibility index (Phi) is 12.2. The van der Waals surface area contributed by atoms with Crippen molar-refractivity contribution < 1.29 is 19.1 Å². The van der Waals surface area contributed by atoms with Crippen molar-refractivity contribution in [1.29, 1.82) is 0 Å². The van der Waals surface area contributed by atoms with Crippen LogP contribution in [-0.2, 0) is 27.5 Å². The standard InChI is InChI=1S/C44H58N8O5/c1-6-15-44(3,4)42(55)57-29-52-39-30(2)24-31(25-34(39)28-45-52)26-38(41(54)50-22-20-49(21-23-50)35-13-16-48(5)17-14-35)47-43(56)51-18-11-32(12-19-51)36-27-33-9-7-8-10-37(33)46-40(36)53/h6-10,24-25,27-28,32,35,38H,1,11-23,26,29H2,2-5H3,(H,46,53)(H,47,56)/t38-/m1/s1. The average molecular weight is 779 g/mol. The van der Waals surface area contributed by atoms with Gasteiger partial charge in [-0.15, -0.1) is 6.58 Å². The fourth-order valence-electron chi connectivity index (χ4n) is 8.92. The van der Waals surface area contributed by atoms with Gasteiger partial charge in [-0.1, -0.05) is 30.3 Å². The molecule has 3 amide bonds. The summed E-state index contributed by atoms with van der Waals surface area (Å²) in [6.07, 6.45) is 7.88. The highest BCUT2D eigenvalue weighted by molar-refractivity contribution is 5.88. The van der Waals surface area contributed by atoms with Gasteiger partial charge in [-0.2, -0.15) is 5.10 Å². The average Bonchev–Trinajstić information content (AvgIpc) is 3.63. The van der Waals surface area contributed by atoms with Crippen molar-refractivity contribution in [3.05, 3.63) is 88.4 Å². The van der Waals surface area contributed by atoms with Crippen LogP contribution in [0.3, 0.4) is 0 Å². The molecular formula is C44H58N8O5. The first-order valence-corrected chi connectivity index (χ1v) is 20.5. The summed E-state index contributed by atoms with van der Waals surface area (Å²) in [6.45, 7) is 15.4. The van der Waals surface area contributed by atoms with Crippen LogP contribution in [-0.4, -0.2) is 124 Å². The number of aromatic nitrogens is 3. The van der Waals surface area contributed by atoms with Gasteiger partial charge in [-0.25, -0.2) is 9.48 Å². The molecule has 3 saturated heterocycles. The van der Waals surface area contributed by atoms with Crippen LogP contribution < -0.4 is 10.9 Å². The van der Waals surface area contributed by atoms with E-state index in [-0.39, 0.29) is 36.1 Å². The Labute approximate surface area is 335 Å². The Bertz CT molecular complexity index is 2150. The van der Waals surface area contributed by atoms with E-state index in [1.165, 1.54) is 0 Å². The van der Waals surface area contributed by atoms with Crippen LogP contribution in [0.25, 0.3) is 21.8 Å². The second-order valence-corrected chi connectivity index (χ2v) is 16.9. The Hall–Kier alpha value is -5.01. The van der Waals surface area contributed by atoms with E-state index in [0.717, 1.165) is 77.5 Å². The van der Waals surface area contributed by atoms with Gasteiger partial charge in [0.25, 0.3) is 5.56 Å². The smallest absolute Gasteiger partial charge is 0.318 e. The lowest BCUT2D eigenvalue weighted by Crippen LogP contribution is -2.59. The van der Waals surface area contributed by atoms with Gasteiger partial charge in [0, 0.05) is 68.2 Å². The second-order valence-electron chi connectivity index (χ2n) is 16.9. The van der Waals surface area contributed by atoms with Gasteiger partial charge in [-0.05, 0) is 114 Å². The number of carbonyl (C=O) groups is 3. The molecule has 2 aromatic carbocycles. The van der Waals surface area contributed by atoms with Gasteiger partial charge in [0.05, 0.1) is 17.1 Å². The number of carbonyl (C=O) groups excluding carboxylic acids is 3. The number of amides is 3. The molecule has 2 aromatic heterocycles. The first kappa shape index (κ1) is 40.2. The third-order valence-electron chi connectivity index (χ3n) is 12.4. The number of piperidine rings is 2. The number of allylic oxidation sites excluding steroid dienone is 1. The minimum atomic E-state index is -0.770. The van der Waals surface area contributed by atoms with E-state index in [0.29, 0.717) is 57.9 Å². The largest absolute Gasteiger partial charge is 0.442 e. The highest BCUT2D eigenvalue weighted by atomic mass is 16.5. The molecule has 0 unspecified atom stereocenters. The third-order valence-corrected chi connectivity index (χ3v) is 12.4. The van der Waals surface area contributed by atoms with Crippen molar-refractivity contribution in [2.45, 2.75) is 84.0 Å². The van der Waals surface area contributed by atoms with Crippen molar-refractivity contribution in [3.63, 3.8) is 0 Å². The Morgan fingerprint density at radius 2 is 1.68 bits per heavy atom. The Balaban J connectivity index is 1.05. The van der Waals surface area contributed by atoms with Crippen molar-refractivity contribution in [1.82, 2.24) is 39.7 Å². The molecule has 57 heavy (non-hydrogen) atoms. The monoisotopic (exact) mass is 778 g/mol. The topological polar surface area (TPSA) is 136 Å². The molecule has 0 bridgehead atoms. The van der Waals surface area contributed by atoms with Crippen molar-refractivity contribution in [3.8, 4) is 0 Å². The SMILES string of the molecule is C=CCC(C)(C)C(=O)OCn1ncc2cc(C[C@@H](NC(=O)N3CCC(c4cc5ccccc5[nH]c4=O)CC3)C(=O)N3CCN(C4CCN(C)CC4)CC3)cc(C)c21. The fourth-order valence-corrected chi connectivity index (χ4v) is 8.92. The molecule has 2 N–H and O–H groups in total. The van der Waals surface area contributed by atoms with Gasteiger partial charge in [0.2, 0.25) is 5.91 Å². The zero-order valence-electron chi connectivity index (χ0n) is 34.0. The van der Waals surface area contributed by atoms with Crippen LogP contribution in [0.4, 0.5) is 4.79 Å². The number of para-hydroxylation sites is 1. The number of piperazine rings is 1. The predicted octanol–water partition coefficient (Wildman–Crippen LogP) is 5.03. The second kappa shape index (κ2) is 17.2. The fraction of sp³-hybridized carbons (Fsp3) is 0.523. The molecule has 5 heterocycles. The molecule has 13 nitrogen and oxygen atoms in total. The van der Waals surface area contributed by atoms with Crippen LogP contribution >= 0.6 is 0 Å². The Morgan fingerprint density at radius 3 is 2.40 bits per heavy atom. The molecule has 0 radical (unpaired) electrons. The zero-order chi connectivity index (χ0) is 40.3. The van der Waals surface area contributed by atoms with Gasteiger partial charge < -0.3 is 29.7 Å². The minimum absolute atomic E-state index is 0.0181. The number of fused-ring (bicyclic) bond motifs is 2. The third kappa shape index (κ3) is 9.10. The number of rotatable bonds is 11. The van der Waals surface area contributed by atoms with E-state index >= 15 is 0 Å². The maximum atomic E-state index is 14.4. The number of ether oxygens (including phenoxy) is 1. The summed E-state index contributed by atoms with van der Waals surface area (Å²) < 4.78 is 7.34. The van der Waals surface area contributed by atoms with E-state index in [4.69, 9.17) is 4.74 Å². The highest BCUT2D eigenvalue weighted by Gasteiger charge is 2.34. The quantitative estimate of drug-likeness (QED) is 0.160. The maximum Gasteiger partial charge on any atom is 0.318 e. The number of pyridine rings is 1. The molecule has 13 heteroatoms. The van der Waals surface area contributed by atoms with Crippen LogP contribution in [0.1, 0.15) is 68.6 Å². The number of H-pyrrole nitrogens is 1. The lowest BCUT2D eigenvalue weighted by Gasteiger charge is -2.43. The van der Waals surface area contributed by atoms with Crippen molar-refractivity contribution in [2.75, 3.05) is 59.4 Å². The highest BCUT2D eigenvalue weighted by Crippen LogP contribution is 2.29. The number of benzene rings is 2. The van der Waals surface area contributed by atoms with Crippen LogP contribution in [0.2, 0.25) is 0 Å². The number of nitrogens with zero attached hydrogens (tertiary/aromatic N) is 6. The van der Waals surface area contributed by atoms with Crippen LogP contribution in [0.15, 0.2) is 66.1 Å². The summed E-state index contributed by atoms with van der Waals surface area (Å²) in [5, 5.41) is 9.54. The van der Waals surface area contributed by atoms with E-state index in [1.807, 2.05) is 68.1 Å². The lowest BCUT2D eigenvalue weighted by atomic mass is 9.89. The molecule has 4 aromatic rings. The van der Waals surface area contributed by atoms with E-state index in [1.54, 1.807) is 21.9 Å². The molecule has 3 fully saturated rings. The van der Waals surface area contributed by atoms with Crippen molar-refractivity contribution >= 4 is 39.7 Å². The number of esters is 1. The number of aryl methyl sites for hydroxylation is 1. The lowest BCUT2D eigenvalue weighted by molar-refractivity contribution is -0.158. The molecule has 0 aliphatic carbocycles. The van der Waals surface area contributed by atoms with Crippen molar-refractivity contribution in [2.24, 2.45) is 5.41 Å². The van der Waals surface area contributed by atoms with Gasteiger partial charge in [0.1, 0.15) is 6.04 Å². The van der Waals surface area contributed by atoms with Crippen LogP contribution in [0, 0.1) is 12.3 Å². The molecule has 3 aliphatic rings. The summed E-state index contributed by atoms with van der Waals surface area (Å²) >= 11 is 0. The summed E-state index contributed by atoms with van der Waals surface area (Å²) in [6, 6.07) is 13.3. The zero-order valence-corrected chi connectivity index (χ0v) is 34.0. The summed E-state index contributed by atoms with van der Waals surface area (Å²) in [5.41, 5.74) is 3.48. The molecule has 304 valence electrons.